The normalized spacial score (nSPS) is 30.1. The Balaban J connectivity index is 2.22. The molecule has 1 atom stereocenters. The van der Waals surface area contributed by atoms with Gasteiger partial charge < -0.3 is 10.2 Å². The second-order valence-electron chi connectivity index (χ2n) is 6.28. The third-order valence-electron chi connectivity index (χ3n) is 3.95. The molecule has 1 N–H and O–H groups in total. The van der Waals surface area contributed by atoms with E-state index in [0.29, 0.717) is 6.42 Å². The third-order valence-corrected chi connectivity index (χ3v) is 3.95. The van der Waals surface area contributed by atoms with Gasteiger partial charge in [-0.2, -0.15) is 0 Å². The highest BCUT2D eigenvalue weighted by Crippen LogP contribution is 2.46. The summed E-state index contributed by atoms with van der Waals surface area (Å²) in [5.74, 6) is 0.0402. The van der Waals surface area contributed by atoms with Crippen LogP contribution in [-0.2, 0) is 9.59 Å². The van der Waals surface area contributed by atoms with E-state index >= 15 is 0 Å². The van der Waals surface area contributed by atoms with Gasteiger partial charge in [0.2, 0.25) is 11.8 Å². The van der Waals surface area contributed by atoms with Gasteiger partial charge in [-0.05, 0) is 38.5 Å². The maximum absolute atomic E-state index is 12.4. The predicted molar refractivity (Wildman–Crippen MR) is 65.4 cm³/mol. The van der Waals surface area contributed by atoms with Crippen LogP contribution in [-0.4, -0.2) is 34.8 Å². The molecule has 0 radical (unpaired) electrons. The second kappa shape index (κ2) is 3.72. The summed E-state index contributed by atoms with van der Waals surface area (Å²) in [5.41, 5.74) is -0.509. The highest BCUT2D eigenvalue weighted by atomic mass is 16.2. The molecule has 0 aromatic rings. The minimum atomic E-state index is -0.756. The van der Waals surface area contributed by atoms with Crippen LogP contribution in [0.3, 0.4) is 0 Å². The first-order valence-electron chi connectivity index (χ1n) is 6.42. The molecule has 96 valence electrons. The van der Waals surface area contributed by atoms with Crippen molar-refractivity contribution in [2.45, 2.75) is 58.5 Å². The average Bonchev–Trinajstić information content (AvgIpc) is 2.92. The summed E-state index contributed by atoms with van der Waals surface area (Å²) in [6.07, 6.45) is 3.01. The lowest BCUT2D eigenvalue weighted by Gasteiger charge is -2.43. The largest absolute Gasteiger partial charge is 0.340 e. The molecular weight excluding hydrogens is 216 g/mol. The number of amides is 2. The van der Waals surface area contributed by atoms with Gasteiger partial charge in [-0.15, -0.1) is 0 Å². The Kier molecular flexibility index (Phi) is 2.71. The summed E-state index contributed by atoms with van der Waals surface area (Å²) >= 11 is 0. The molecule has 1 aliphatic heterocycles. The maximum Gasteiger partial charge on any atom is 0.248 e. The van der Waals surface area contributed by atoms with Crippen molar-refractivity contribution in [2.75, 3.05) is 6.54 Å². The van der Waals surface area contributed by atoms with Gasteiger partial charge in [0.05, 0.1) is 0 Å². The van der Waals surface area contributed by atoms with Crippen LogP contribution < -0.4 is 5.32 Å². The molecule has 17 heavy (non-hydrogen) atoms. The van der Waals surface area contributed by atoms with Gasteiger partial charge in [0.25, 0.3) is 0 Å². The van der Waals surface area contributed by atoms with E-state index < -0.39 is 5.54 Å². The topological polar surface area (TPSA) is 49.4 Å². The van der Waals surface area contributed by atoms with Crippen LogP contribution in [0.5, 0.6) is 0 Å². The summed E-state index contributed by atoms with van der Waals surface area (Å²) in [7, 11) is 0. The molecular formula is C13H22N2O2. The molecule has 4 nitrogen and oxygen atoms in total. The molecule has 0 spiro atoms. The molecule has 0 aromatic carbocycles. The van der Waals surface area contributed by atoms with Crippen molar-refractivity contribution >= 4 is 11.8 Å². The number of carbonyl (C=O) groups is 2. The van der Waals surface area contributed by atoms with Gasteiger partial charge in [0.1, 0.15) is 11.6 Å². The number of hydrogen-bond donors (Lipinski definition) is 1. The van der Waals surface area contributed by atoms with Gasteiger partial charge in [0.15, 0.2) is 0 Å². The quantitative estimate of drug-likeness (QED) is 0.805. The number of hydrogen-bond acceptors (Lipinski definition) is 2. The van der Waals surface area contributed by atoms with Crippen LogP contribution in [0, 0.1) is 5.41 Å². The Labute approximate surface area is 103 Å². The Morgan fingerprint density at radius 3 is 2.35 bits per heavy atom. The zero-order valence-electron chi connectivity index (χ0n) is 11.2. The van der Waals surface area contributed by atoms with Gasteiger partial charge >= 0.3 is 0 Å². The van der Waals surface area contributed by atoms with Crippen molar-refractivity contribution in [3.8, 4) is 0 Å². The zero-order chi connectivity index (χ0) is 12.8. The van der Waals surface area contributed by atoms with Crippen molar-refractivity contribution in [3.05, 3.63) is 0 Å². The number of nitrogens with one attached hydrogen (secondary N) is 1. The van der Waals surface area contributed by atoms with E-state index in [1.165, 1.54) is 0 Å². The summed E-state index contributed by atoms with van der Waals surface area (Å²) in [6.45, 7) is 8.43. The van der Waals surface area contributed by atoms with Gasteiger partial charge in [-0.25, -0.2) is 0 Å². The lowest BCUT2D eigenvalue weighted by molar-refractivity contribution is -0.154. The Morgan fingerprint density at radius 1 is 1.29 bits per heavy atom. The average molecular weight is 238 g/mol. The van der Waals surface area contributed by atoms with Crippen molar-refractivity contribution < 1.29 is 9.59 Å². The van der Waals surface area contributed by atoms with Crippen molar-refractivity contribution in [1.82, 2.24) is 10.2 Å². The van der Waals surface area contributed by atoms with Crippen LogP contribution in [0.1, 0.15) is 47.0 Å². The van der Waals surface area contributed by atoms with E-state index in [-0.39, 0.29) is 23.3 Å². The van der Waals surface area contributed by atoms with E-state index in [4.69, 9.17) is 0 Å². The predicted octanol–water partition coefficient (Wildman–Crippen LogP) is 1.30. The highest BCUT2D eigenvalue weighted by Gasteiger charge is 2.49. The van der Waals surface area contributed by atoms with Gasteiger partial charge in [-0.3, -0.25) is 9.59 Å². The van der Waals surface area contributed by atoms with Crippen molar-refractivity contribution in [2.24, 2.45) is 5.41 Å². The van der Waals surface area contributed by atoms with E-state index in [2.05, 4.69) is 12.2 Å². The summed E-state index contributed by atoms with van der Waals surface area (Å²) in [6, 6.07) is -0.284. The van der Waals surface area contributed by atoms with E-state index in [0.717, 1.165) is 19.4 Å². The molecule has 0 aromatic heterocycles. The fraction of sp³-hybridized carbons (Fsp3) is 0.846. The summed E-state index contributed by atoms with van der Waals surface area (Å²) in [4.78, 5) is 26.2. The first kappa shape index (κ1) is 12.4. The Bertz CT molecular complexity index is 358. The Hall–Kier alpha value is -1.06. The zero-order valence-corrected chi connectivity index (χ0v) is 11.2. The lowest BCUT2D eigenvalue weighted by Crippen LogP contribution is -2.68. The van der Waals surface area contributed by atoms with E-state index in [9.17, 15) is 9.59 Å². The Morgan fingerprint density at radius 2 is 1.88 bits per heavy atom. The minimum absolute atomic E-state index is 0.0126. The van der Waals surface area contributed by atoms with Crippen LogP contribution in [0.4, 0.5) is 0 Å². The number of piperazine rings is 1. The number of rotatable bonds is 3. The first-order chi connectivity index (χ1) is 7.79. The molecule has 4 heteroatoms. The molecule has 1 unspecified atom stereocenters. The molecule has 1 aliphatic carbocycles. The van der Waals surface area contributed by atoms with E-state index in [1.807, 2.05) is 6.92 Å². The summed E-state index contributed by atoms with van der Waals surface area (Å²) < 4.78 is 0. The van der Waals surface area contributed by atoms with Gasteiger partial charge in [0, 0.05) is 6.54 Å². The molecule has 2 aliphatic rings. The first-order valence-corrected chi connectivity index (χ1v) is 6.42. The van der Waals surface area contributed by atoms with Gasteiger partial charge in [-0.1, -0.05) is 13.8 Å². The smallest absolute Gasteiger partial charge is 0.248 e. The molecule has 2 amide bonds. The van der Waals surface area contributed by atoms with Crippen LogP contribution in [0.25, 0.3) is 0 Å². The fourth-order valence-electron chi connectivity index (χ4n) is 2.46. The molecule has 1 heterocycles. The maximum atomic E-state index is 12.4. The molecule has 2 fully saturated rings. The highest BCUT2D eigenvalue weighted by molar-refractivity contribution is 5.99. The third kappa shape index (κ3) is 2.17. The SMILES string of the molecule is CCC1C(=O)NC(C)(C)C(=O)N1CC1(C)CC1. The van der Waals surface area contributed by atoms with Crippen LogP contribution in [0.2, 0.25) is 0 Å². The molecule has 1 saturated carbocycles. The molecule has 0 bridgehead atoms. The fourth-order valence-corrected chi connectivity index (χ4v) is 2.46. The van der Waals surface area contributed by atoms with Crippen LogP contribution in [0.15, 0.2) is 0 Å². The number of nitrogens with zero attached hydrogens (tertiary/aromatic N) is 1. The van der Waals surface area contributed by atoms with Crippen molar-refractivity contribution in [1.29, 1.82) is 0 Å². The van der Waals surface area contributed by atoms with Crippen molar-refractivity contribution in [3.63, 3.8) is 0 Å². The standard InChI is InChI=1S/C13H22N2O2/c1-5-9-10(16)14-12(2,3)11(17)15(9)8-13(4)6-7-13/h9H,5-8H2,1-4H3,(H,14,16). The summed E-state index contributed by atoms with van der Waals surface area (Å²) in [5, 5.41) is 2.81. The monoisotopic (exact) mass is 238 g/mol. The molecule has 2 rings (SSSR count). The minimum Gasteiger partial charge on any atom is -0.340 e. The molecule has 1 saturated heterocycles. The lowest BCUT2D eigenvalue weighted by atomic mass is 9.94. The second-order valence-corrected chi connectivity index (χ2v) is 6.28. The number of carbonyl (C=O) groups excluding carboxylic acids is 2. The van der Waals surface area contributed by atoms with Crippen LogP contribution >= 0.6 is 0 Å². The van der Waals surface area contributed by atoms with E-state index in [1.54, 1.807) is 18.7 Å².